The molecule has 0 unspecified atom stereocenters. The van der Waals surface area contributed by atoms with Crippen LogP contribution in [0.4, 0.5) is 0 Å². The Morgan fingerprint density at radius 2 is 1.88 bits per heavy atom. The molecule has 0 aliphatic heterocycles. The Balaban J connectivity index is 1.88. The van der Waals surface area contributed by atoms with Gasteiger partial charge in [0, 0.05) is 12.0 Å². The number of benzene rings is 2. The van der Waals surface area contributed by atoms with Crippen molar-refractivity contribution in [2.24, 2.45) is 0 Å². The number of aromatic nitrogens is 3. The van der Waals surface area contributed by atoms with E-state index in [0.29, 0.717) is 29.9 Å². The molecule has 0 radical (unpaired) electrons. The van der Waals surface area contributed by atoms with Crippen LogP contribution >= 0.6 is 0 Å². The summed E-state index contributed by atoms with van der Waals surface area (Å²) in [5, 5.41) is 8.82. The maximum Gasteiger partial charge on any atom is 0.333 e. The summed E-state index contributed by atoms with van der Waals surface area (Å²) in [6, 6.07) is 12.7. The van der Waals surface area contributed by atoms with E-state index in [1.807, 2.05) is 24.3 Å². The molecule has 0 aliphatic carbocycles. The zero-order valence-corrected chi connectivity index (χ0v) is 14.2. The first-order valence-electron chi connectivity index (χ1n) is 7.97. The molecule has 0 N–H and O–H groups in total. The second kappa shape index (κ2) is 7.60. The molecule has 132 valence electrons. The lowest BCUT2D eigenvalue weighted by Crippen LogP contribution is -2.09. The first-order valence-corrected chi connectivity index (χ1v) is 7.97. The van der Waals surface area contributed by atoms with Gasteiger partial charge < -0.3 is 9.47 Å². The fourth-order valence-corrected chi connectivity index (χ4v) is 2.38. The molecule has 1 heterocycles. The SMILES string of the molecule is C=C(C)C(=O)OCCc1ccc(OC=O)c(-n2nc3ccccc3n2)c1. The van der Waals surface area contributed by atoms with Crippen LogP contribution in [0.25, 0.3) is 16.7 Å². The molecule has 7 nitrogen and oxygen atoms in total. The van der Waals surface area contributed by atoms with Gasteiger partial charge in [0.2, 0.25) is 0 Å². The number of rotatable bonds is 7. The van der Waals surface area contributed by atoms with Crippen molar-refractivity contribution in [3.8, 4) is 11.4 Å². The summed E-state index contributed by atoms with van der Waals surface area (Å²) in [6.07, 6.45) is 0.494. The van der Waals surface area contributed by atoms with Gasteiger partial charge in [-0.3, -0.25) is 4.79 Å². The molecule has 0 fully saturated rings. The molecule has 26 heavy (non-hydrogen) atoms. The fourth-order valence-electron chi connectivity index (χ4n) is 2.38. The van der Waals surface area contributed by atoms with E-state index in [2.05, 4.69) is 16.8 Å². The molecule has 7 heteroatoms. The lowest BCUT2D eigenvalue weighted by atomic mass is 10.1. The van der Waals surface area contributed by atoms with Crippen LogP contribution < -0.4 is 4.74 Å². The minimum atomic E-state index is -0.425. The van der Waals surface area contributed by atoms with E-state index in [-0.39, 0.29) is 6.61 Å². The van der Waals surface area contributed by atoms with Gasteiger partial charge in [-0.1, -0.05) is 24.8 Å². The second-order valence-corrected chi connectivity index (χ2v) is 5.66. The summed E-state index contributed by atoms with van der Waals surface area (Å²) in [4.78, 5) is 23.7. The van der Waals surface area contributed by atoms with Crippen molar-refractivity contribution in [2.75, 3.05) is 6.61 Å². The normalized spacial score (nSPS) is 10.5. The Bertz CT molecular complexity index is 945. The number of carbonyl (C=O) groups is 2. The van der Waals surface area contributed by atoms with Gasteiger partial charge in [0.1, 0.15) is 16.7 Å². The fraction of sp³-hybridized carbons (Fsp3) is 0.158. The van der Waals surface area contributed by atoms with Crippen LogP contribution in [0.1, 0.15) is 12.5 Å². The number of carbonyl (C=O) groups excluding carboxylic acids is 2. The lowest BCUT2D eigenvalue weighted by molar-refractivity contribution is -0.138. The van der Waals surface area contributed by atoms with Crippen molar-refractivity contribution in [2.45, 2.75) is 13.3 Å². The number of hydrogen-bond donors (Lipinski definition) is 0. The van der Waals surface area contributed by atoms with Gasteiger partial charge >= 0.3 is 5.97 Å². The van der Waals surface area contributed by atoms with E-state index in [0.717, 1.165) is 16.6 Å². The Morgan fingerprint density at radius 3 is 2.50 bits per heavy atom. The summed E-state index contributed by atoms with van der Waals surface area (Å²) >= 11 is 0. The third-order valence-corrected chi connectivity index (χ3v) is 3.67. The highest BCUT2D eigenvalue weighted by atomic mass is 16.5. The standard InChI is InChI=1S/C19H17N3O4/c1-13(2)19(24)25-10-9-14-7-8-18(26-12-23)17(11-14)22-20-15-5-3-4-6-16(15)21-22/h3-8,11-12H,1,9-10H2,2H3. The zero-order valence-electron chi connectivity index (χ0n) is 14.2. The first kappa shape index (κ1) is 17.3. The first-order chi connectivity index (χ1) is 12.6. The van der Waals surface area contributed by atoms with E-state index in [4.69, 9.17) is 9.47 Å². The van der Waals surface area contributed by atoms with Crippen LogP contribution in [-0.4, -0.2) is 34.0 Å². The van der Waals surface area contributed by atoms with E-state index in [1.54, 1.807) is 25.1 Å². The maximum atomic E-state index is 11.5. The minimum Gasteiger partial charge on any atom is -0.462 e. The van der Waals surface area contributed by atoms with E-state index < -0.39 is 5.97 Å². The molecule has 3 rings (SSSR count). The second-order valence-electron chi connectivity index (χ2n) is 5.66. The molecule has 1 aromatic heterocycles. The molecule has 0 bridgehead atoms. The molecule has 0 amide bonds. The summed E-state index contributed by atoms with van der Waals surface area (Å²) in [7, 11) is 0. The summed E-state index contributed by atoms with van der Waals surface area (Å²) in [5.41, 5.74) is 3.22. The van der Waals surface area contributed by atoms with Gasteiger partial charge in [0.05, 0.1) is 6.61 Å². The van der Waals surface area contributed by atoms with Gasteiger partial charge in [-0.25, -0.2) is 4.79 Å². The number of nitrogens with zero attached hydrogens (tertiary/aromatic N) is 3. The third-order valence-electron chi connectivity index (χ3n) is 3.67. The van der Waals surface area contributed by atoms with Crippen molar-refractivity contribution >= 4 is 23.5 Å². The highest BCUT2D eigenvalue weighted by molar-refractivity contribution is 5.86. The minimum absolute atomic E-state index is 0.216. The van der Waals surface area contributed by atoms with Crippen LogP contribution in [-0.2, 0) is 20.7 Å². The Kier molecular flexibility index (Phi) is 5.07. The predicted molar refractivity (Wildman–Crippen MR) is 95.0 cm³/mol. The molecule has 0 saturated carbocycles. The number of hydrogen-bond acceptors (Lipinski definition) is 6. The third kappa shape index (κ3) is 3.77. The summed E-state index contributed by atoms with van der Waals surface area (Å²) < 4.78 is 10.2. The van der Waals surface area contributed by atoms with Crippen molar-refractivity contribution in [1.29, 1.82) is 0 Å². The van der Waals surface area contributed by atoms with E-state index in [9.17, 15) is 9.59 Å². The molecule has 0 aliphatic rings. The summed E-state index contributed by atoms with van der Waals surface area (Å²) in [5.74, 6) is -0.0888. The lowest BCUT2D eigenvalue weighted by Gasteiger charge is -2.09. The van der Waals surface area contributed by atoms with Crippen LogP contribution in [0, 0.1) is 0 Å². The molecule has 0 saturated heterocycles. The van der Waals surface area contributed by atoms with E-state index in [1.165, 1.54) is 4.80 Å². The summed E-state index contributed by atoms with van der Waals surface area (Å²) in [6.45, 7) is 5.71. The quantitative estimate of drug-likeness (QED) is 0.370. The molecular weight excluding hydrogens is 334 g/mol. The Morgan fingerprint density at radius 1 is 1.19 bits per heavy atom. The van der Waals surface area contributed by atoms with Crippen LogP contribution in [0.5, 0.6) is 5.75 Å². The highest BCUT2D eigenvalue weighted by Gasteiger charge is 2.12. The Labute approximate surface area is 149 Å². The molecule has 0 spiro atoms. The molecular formula is C19H17N3O4. The van der Waals surface area contributed by atoms with Gasteiger partial charge in [-0.2, -0.15) is 0 Å². The van der Waals surface area contributed by atoms with Crippen molar-refractivity contribution in [1.82, 2.24) is 15.0 Å². The predicted octanol–water partition coefficient (Wildman–Crippen LogP) is 2.62. The van der Waals surface area contributed by atoms with Crippen LogP contribution in [0.3, 0.4) is 0 Å². The number of fused-ring (bicyclic) bond motifs is 1. The van der Waals surface area contributed by atoms with Crippen molar-refractivity contribution in [3.05, 3.63) is 60.2 Å². The number of ether oxygens (including phenoxy) is 2. The largest absolute Gasteiger partial charge is 0.462 e. The van der Waals surface area contributed by atoms with Gasteiger partial charge in [0.25, 0.3) is 6.47 Å². The average molecular weight is 351 g/mol. The van der Waals surface area contributed by atoms with E-state index >= 15 is 0 Å². The molecule has 2 aromatic carbocycles. The monoisotopic (exact) mass is 351 g/mol. The number of esters is 1. The van der Waals surface area contributed by atoms with Gasteiger partial charge in [-0.15, -0.1) is 15.0 Å². The van der Waals surface area contributed by atoms with Gasteiger partial charge in [-0.05, 0) is 36.8 Å². The zero-order chi connectivity index (χ0) is 18.5. The molecule has 3 aromatic rings. The average Bonchev–Trinajstić information content (AvgIpc) is 3.06. The van der Waals surface area contributed by atoms with Crippen molar-refractivity contribution in [3.63, 3.8) is 0 Å². The van der Waals surface area contributed by atoms with Gasteiger partial charge in [0.15, 0.2) is 5.75 Å². The van der Waals surface area contributed by atoms with Crippen LogP contribution in [0.2, 0.25) is 0 Å². The smallest absolute Gasteiger partial charge is 0.333 e. The highest BCUT2D eigenvalue weighted by Crippen LogP contribution is 2.24. The maximum absolute atomic E-state index is 11.5. The van der Waals surface area contributed by atoms with Crippen LogP contribution in [0.15, 0.2) is 54.6 Å². The topological polar surface area (TPSA) is 83.3 Å². The Hall–Kier alpha value is -3.48. The molecule has 0 atom stereocenters. The van der Waals surface area contributed by atoms with Crippen molar-refractivity contribution < 1.29 is 19.1 Å².